The van der Waals surface area contributed by atoms with Crippen molar-refractivity contribution in [2.45, 2.75) is 23.6 Å². The molecule has 0 fully saturated rings. The van der Waals surface area contributed by atoms with E-state index in [1.807, 2.05) is 0 Å². The Bertz CT molecular complexity index is 2120. The topological polar surface area (TPSA) is 232 Å². The van der Waals surface area contributed by atoms with E-state index in [0.717, 1.165) is 34.0 Å². The summed E-state index contributed by atoms with van der Waals surface area (Å²) in [5.41, 5.74) is -1.29. The number of H-pyrrole nitrogens is 1. The Morgan fingerprint density at radius 2 is 1.34 bits per heavy atom. The van der Waals surface area contributed by atoms with Crippen LogP contribution in [0.15, 0.2) is 98.1 Å². The highest BCUT2D eigenvalue weighted by molar-refractivity contribution is 7.86. The molecule has 0 saturated heterocycles. The number of aromatic amines is 1. The molecule has 1 aromatic heterocycles. The van der Waals surface area contributed by atoms with Crippen molar-refractivity contribution < 1.29 is 49.8 Å². The minimum absolute atomic E-state index is 0.00576. The van der Waals surface area contributed by atoms with Crippen LogP contribution in [-0.2, 0) is 39.3 Å². The molecule has 3 N–H and O–H groups in total. The Hall–Kier alpha value is -5.43. The smallest absolute Gasteiger partial charge is 0.359 e. The molecule has 0 radical (unpaired) electrons. The van der Waals surface area contributed by atoms with E-state index in [9.17, 15) is 45.1 Å². The molecule has 47 heavy (non-hydrogen) atoms. The zero-order valence-electron chi connectivity index (χ0n) is 24.6. The number of benzene rings is 2. The fourth-order valence-electron chi connectivity index (χ4n) is 4.13. The van der Waals surface area contributed by atoms with Crippen LogP contribution >= 0.6 is 0 Å². The number of nitrogens with zero attached hydrogens (tertiary/aromatic N) is 3. The van der Waals surface area contributed by atoms with Crippen molar-refractivity contribution in [3.05, 3.63) is 100 Å². The third-order valence-electron chi connectivity index (χ3n) is 6.27. The van der Waals surface area contributed by atoms with E-state index in [-0.39, 0.29) is 47.1 Å². The van der Waals surface area contributed by atoms with Crippen molar-refractivity contribution in [2.75, 3.05) is 18.2 Å². The Kier molecular flexibility index (Phi) is 10.2. The summed E-state index contributed by atoms with van der Waals surface area (Å²) in [5.74, 6) is -2.50. The van der Waals surface area contributed by atoms with Gasteiger partial charge in [0.2, 0.25) is 0 Å². The summed E-state index contributed by atoms with van der Waals surface area (Å²) in [5, 5.41) is 7.52. The van der Waals surface area contributed by atoms with Gasteiger partial charge in [-0.3, -0.25) is 23.8 Å². The lowest BCUT2D eigenvalue weighted by Gasteiger charge is -2.11. The van der Waals surface area contributed by atoms with Crippen molar-refractivity contribution in [2.24, 2.45) is 5.10 Å². The lowest BCUT2D eigenvalue weighted by molar-refractivity contribution is -0.135. The first-order valence-electron chi connectivity index (χ1n) is 13.5. The highest BCUT2D eigenvalue weighted by Crippen LogP contribution is 2.26. The van der Waals surface area contributed by atoms with Gasteiger partial charge in [0.1, 0.15) is 0 Å². The van der Waals surface area contributed by atoms with Crippen molar-refractivity contribution >= 4 is 55.6 Å². The highest BCUT2D eigenvalue weighted by Gasteiger charge is 2.35. The first-order chi connectivity index (χ1) is 22.2. The largest absolute Gasteiger partial charge is 0.461 e. The van der Waals surface area contributed by atoms with E-state index < -0.39 is 53.4 Å². The third-order valence-corrected chi connectivity index (χ3v) is 8.01. The second-order valence-corrected chi connectivity index (χ2v) is 12.2. The molecule has 2 heterocycles. The molecule has 16 nitrogen and oxygen atoms in total. The van der Waals surface area contributed by atoms with E-state index in [1.54, 1.807) is 13.8 Å². The summed E-state index contributed by atoms with van der Waals surface area (Å²) >= 11 is 0. The lowest BCUT2D eigenvalue weighted by Crippen LogP contribution is -2.22. The number of nitrogens with one attached hydrogen (secondary N) is 1. The van der Waals surface area contributed by atoms with Crippen LogP contribution in [0.1, 0.15) is 29.9 Å². The van der Waals surface area contributed by atoms with Gasteiger partial charge < -0.3 is 9.47 Å². The van der Waals surface area contributed by atoms with Crippen LogP contribution < -0.4 is 10.6 Å². The van der Waals surface area contributed by atoms with Crippen molar-refractivity contribution in [3.8, 4) is 5.69 Å². The van der Waals surface area contributed by atoms with Gasteiger partial charge in [-0.2, -0.15) is 26.9 Å². The molecule has 0 aliphatic carbocycles. The van der Waals surface area contributed by atoms with Gasteiger partial charge in [-0.25, -0.2) is 14.3 Å². The highest BCUT2D eigenvalue weighted by atomic mass is 32.2. The van der Waals surface area contributed by atoms with E-state index in [1.165, 1.54) is 54.6 Å². The normalized spacial score (nSPS) is 14.7. The zero-order valence-corrected chi connectivity index (χ0v) is 26.2. The first-order valence-corrected chi connectivity index (χ1v) is 16.4. The standard InChI is InChI=1S/C29H26N4O12S2/c1-3-44-28(36)24-22(26(34)32(30-24)18-10-14-20(15-11-18)46(38,39)40)8-6-5-7-9-23-25(29(37)45-4-2)31-33(27(23)35)19-12-16-21(17-13-19)47(41,42)43/h5-17,30H,3-4H2,1-2H3,(H,38,39,40)(H,41,42,43)/b7-5?,8-6?,23-9-. The van der Waals surface area contributed by atoms with Gasteiger partial charge in [-0.05, 0) is 74.5 Å². The van der Waals surface area contributed by atoms with Crippen LogP contribution in [0.2, 0.25) is 0 Å². The number of anilines is 1. The molecule has 0 bridgehead atoms. The average molecular weight is 687 g/mol. The Morgan fingerprint density at radius 3 is 1.87 bits per heavy atom. The van der Waals surface area contributed by atoms with Crippen LogP contribution in [0, 0.1) is 0 Å². The number of carbonyl (C=O) groups excluding carboxylic acids is 3. The number of esters is 2. The minimum Gasteiger partial charge on any atom is -0.461 e. The Balaban J connectivity index is 1.65. The van der Waals surface area contributed by atoms with Crippen molar-refractivity contribution in [1.82, 2.24) is 9.78 Å². The molecule has 0 saturated carbocycles. The number of carbonyl (C=O) groups is 3. The Morgan fingerprint density at radius 1 is 0.809 bits per heavy atom. The first kappa shape index (κ1) is 34.4. The van der Waals surface area contributed by atoms with Gasteiger partial charge in [-0.1, -0.05) is 18.2 Å². The van der Waals surface area contributed by atoms with Gasteiger partial charge in [0.15, 0.2) is 11.4 Å². The molecule has 0 atom stereocenters. The van der Waals surface area contributed by atoms with Crippen LogP contribution in [-0.4, -0.2) is 72.5 Å². The second kappa shape index (κ2) is 13.9. The molecule has 1 aliphatic rings. The monoisotopic (exact) mass is 686 g/mol. The van der Waals surface area contributed by atoms with E-state index in [0.29, 0.717) is 0 Å². The minimum atomic E-state index is -4.49. The van der Waals surface area contributed by atoms with Crippen molar-refractivity contribution in [3.63, 3.8) is 0 Å². The molecule has 246 valence electrons. The lowest BCUT2D eigenvalue weighted by atomic mass is 10.1. The molecule has 1 aliphatic heterocycles. The van der Waals surface area contributed by atoms with Gasteiger partial charge in [0.05, 0.1) is 45.5 Å². The number of ether oxygens (including phenoxy) is 2. The van der Waals surface area contributed by atoms with E-state index in [2.05, 4.69) is 10.2 Å². The van der Waals surface area contributed by atoms with Gasteiger partial charge in [-0.15, -0.1) is 0 Å². The fraction of sp³-hybridized carbons (Fsp3) is 0.138. The summed E-state index contributed by atoms with van der Waals surface area (Å²) < 4.78 is 74.9. The number of hydrogen-bond acceptors (Lipinski definition) is 11. The van der Waals surface area contributed by atoms with Crippen LogP contribution in [0.4, 0.5) is 5.69 Å². The van der Waals surface area contributed by atoms with Crippen LogP contribution in [0.5, 0.6) is 0 Å². The molecule has 1 amide bonds. The third kappa shape index (κ3) is 7.69. The van der Waals surface area contributed by atoms with Gasteiger partial charge in [0, 0.05) is 0 Å². The van der Waals surface area contributed by atoms with Crippen LogP contribution in [0.25, 0.3) is 11.8 Å². The maximum absolute atomic E-state index is 13.2. The van der Waals surface area contributed by atoms with E-state index in [4.69, 9.17) is 9.47 Å². The zero-order chi connectivity index (χ0) is 34.5. The summed E-state index contributed by atoms with van der Waals surface area (Å²) in [7, 11) is -8.96. The molecular weight excluding hydrogens is 660 g/mol. The predicted molar refractivity (Wildman–Crippen MR) is 166 cm³/mol. The molecule has 4 rings (SSSR count). The summed E-state index contributed by atoms with van der Waals surface area (Å²) in [6, 6.07) is 9.15. The summed E-state index contributed by atoms with van der Waals surface area (Å²) in [6.07, 6.45) is 6.64. The van der Waals surface area contributed by atoms with Gasteiger partial charge >= 0.3 is 11.9 Å². The van der Waals surface area contributed by atoms with E-state index >= 15 is 0 Å². The Labute approximate surface area is 267 Å². The number of amides is 1. The summed E-state index contributed by atoms with van der Waals surface area (Å²) in [4.78, 5) is 50.8. The quantitative estimate of drug-likeness (QED) is 0.114. The predicted octanol–water partition coefficient (Wildman–Crippen LogP) is 2.30. The summed E-state index contributed by atoms with van der Waals surface area (Å²) in [6.45, 7) is 3.12. The number of allylic oxidation sites excluding steroid dienone is 4. The molecular formula is C29H26N4O12S2. The molecule has 2 aromatic carbocycles. The van der Waals surface area contributed by atoms with Crippen LogP contribution in [0.3, 0.4) is 0 Å². The van der Waals surface area contributed by atoms with Gasteiger partial charge in [0.25, 0.3) is 31.7 Å². The molecule has 0 spiro atoms. The second-order valence-electron chi connectivity index (χ2n) is 9.31. The molecule has 3 aromatic rings. The maximum Gasteiger partial charge on any atom is 0.359 e. The fourth-order valence-corrected chi connectivity index (χ4v) is 5.09. The molecule has 18 heteroatoms. The number of rotatable bonds is 11. The van der Waals surface area contributed by atoms with Crippen molar-refractivity contribution in [1.29, 1.82) is 0 Å². The number of hydrazone groups is 1. The molecule has 0 unspecified atom stereocenters. The average Bonchev–Trinajstić information content (AvgIpc) is 3.52. The SMILES string of the molecule is CCOC(=O)C1=NN(c2ccc(S(=O)(=O)O)cc2)C(=O)/C1=C\C=CC=Cc1c(C(=O)OCC)[nH]n(-c2ccc(S(=O)(=O)O)cc2)c1=O. The number of aromatic nitrogens is 2. The number of hydrogen-bond donors (Lipinski definition) is 3. The maximum atomic E-state index is 13.2.